The minimum absolute atomic E-state index is 0.0564. The minimum Gasteiger partial charge on any atom is -0.481 e. The van der Waals surface area contributed by atoms with Crippen LogP contribution in [0.1, 0.15) is 64.7 Å². The molecule has 0 saturated heterocycles. The van der Waals surface area contributed by atoms with Gasteiger partial charge in [0.1, 0.15) is 0 Å². The fourth-order valence-electron chi connectivity index (χ4n) is 1.90. The number of aliphatic carboxylic acids is 1. The van der Waals surface area contributed by atoms with Gasteiger partial charge in [-0.05, 0) is 44.9 Å². The third kappa shape index (κ3) is 16.6. The molecule has 1 unspecified atom stereocenters. The van der Waals surface area contributed by atoms with Crippen LogP contribution in [0.2, 0.25) is 0 Å². The van der Waals surface area contributed by atoms with Crippen molar-refractivity contribution in [2.75, 3.05) is 0 Å². The zero-order valence-corrected chi connectivity index (χ0v) is 13.2. The van der Waals surface area contributed by atoms with E-state index in [9.17, 15) is 9.90 Å². The van der Waals surface area contributed by atoms with Crippen LogP contribution in [0.4, 0.5) is 0 Å². The highest BCUT2D eigenvalue weighted by atomic mass is 16.4. The number of carboxylic acid groups (broad SMARTS) is 1. The second-order valence-electron chi connectivity index (χ2n) is 5.16. The standard InChI is InChI=1S/C18H30O3/c1-2-3-4-5-6-7-8-9-10-11-12-13-14-17(19)15-16-18(20)21/h3-4,6-7,9-10,17,19H,2,5,8,11-16H2,1H3,(H,20,21)/b4-3-,7-6-,10-9-. The maximum Gasteiger partial charge on any atom is 0.303 e. The van der Waals surface area contributed by atoms with Crippen LogP contribution in [0.15, 0.2) is 36.5 Å². The molecule has 0 amide bonds. The topological polar surface area (TPSA) is 57.5 Å². The number of allylic oxidation sites excluding steroid dienone is 6. The van der Waals surface area contributed by atoms with Crippen LogP contribution in [0.5, 0.6) is 0 Å². The van der Waals surface area contributed by atoms with Crippen molar-refractivity contribution in [1.29, 1.82) is 0 Å². The number of rotatable bonds is 13. The highest BCUT2D eigenvalue weighted by Crippen LogP contribution is 2.09. The number of carbonyl (C=O) groups is 1. The summed E-state index contributed by atoms with van der Waals surface area (Å²) in [5.41, 5.74) is 0. The van der Waals surface area contributed by atoms with Crippen molar-refractivity contribution in [3.63, 3.8) is 0 Å². The van der Waals surface area contributed by atoms with Crippen LogP contribution in [0.3, 0.4) is 0 Å². The zero-order valence-electron chi connectivity index (χ0n) is 13.2. The Labute approximate surface area is 129 Å². The molecule has 21 heavy (non-hydrogen) atoms. The van der Waals surface area contributed by atoms with Gasteiger partial charge in [0.2, 0.25) is 0 Å². The van der Waals surface area contributed by atoms with Crippen molar-refractivity contribution < 1.29 is 15.0 Å². The van der Waals surface area contributed by atoms with Gasteiger partial charge in [0.05, 0.1) is 6.10 Å². The lowest BCUT2D eigenvalue weighted by molar-refractivity contribution is -0.137. The second kappa shape index (κ2) is 15.0. The summed E-state index contributed by atoms with van der Waals surface area (Å²) in [6.07, 6.45) is 19.8. The highest BCUT2D eigenvalue weighted by molar-refractivity contribution is 5.66. The van der Waals surface area contributed by atoms with Gasteiger partial charge in [-0.1, -0.05) is 49.8 Å². The van der Waals surface area contributed by atoms with E-state index in [2.05, 4.69) is 43.4 Å². The minimum atomic E-state index is -0.838. The molecule has 3 heteroatoms. The van der Waals surface area contributed by atoms with Crippen molar-refractivity contribution in [2.24, 2.45) is 0 Å². The van der Waals surface area contributed by atoms with Crippen LogP contribution in [-0.4, -0.2) is 22.3 Å². The summed E-state index contributed by atoms with van der Waals surface area (Å²) < 4.78 is 0. The van der Waals surface area contributed by atoms with Crippen molar-refractivity contribution >= 4 is 5.97 Å². The molecule has 0 spiro atoms. The summed E-state index contributed by atoms with van der Waals surface area (Å²) >= 11 is 0. The third-order valence-electron chi connectivity index (χ3n) is 3.13. The molecule has 0 aromatic carbocycles. The van der Waals surface area contributed by atoms with E-state index in [0.29, 0.717) is 12.8 Å². The van der Waals surface area contributed by atoms with E-state index in [1.807, 2.05) is 0 Å². The fraction of sp³-hybridized carbons (Fsp3) is 0.611. The highest BCUT2D eigenvalue weighted by Gasteiger charge is 2.06. The molecule has 0 aliphatic heterocycles. The number of hydrogen-bond acceptors (Lipinski definition) is 2. The van der Waals surface area contributed by atoms with E-state index in [1.54, 1.807) is 0 Å². The van der Waals surface area contributed by atoms with Crippen LogP contribution in [-0.2, 0) is 4.79 Å². The Morgan fingerprint density at radius 1 is 0.952 bits per heavy atom. The van der Waals surface area contributed by atoms with Crippen LogP contribution >= 0.6 is 0 Å². The molecule has 0 saturated carbocycles. The molecule has 0 bridgehead atoms. The molecule has 1 atom stereocenters. The molecule has 0 aromatic rings. The Hall–Kier alpha value is -1.35. The van der Waals surface area contributed by atoms with E-state index in [1.165, 1.54) is 0 Å². The normalized spacial score (nSPS) is 13.6. The smallest absolute Gasteiger partial charge is 0.303 e. The third-order valence-corrected chi connectivity index (χ3v) is 3.13. The van der Waals surface area contributed by atoms with Crippen molar-refractivity contribution in [2.45, 2.75) is 70.8 Å². The molecule has 0 fully saturated rings. The first-order valence-electron chi connectivity index (χ1n) is 8.01. The van der Waals surface area contributed by atoms with E-state index < -0.39 is 12.1 Å². The van der Waals surface area contributed by atoms with E-state index in [0.717, 1.165) is 38.5 Å². The summed E-state index contributed by atoms with van der Waals surface area (Å²) in [4.78, 5) is 10.3. The van der Waals surface area contributed by atoms with Gasteiger partial charge in [0.15, 0.2) is 0 Å². The zero-order chi connectivity index (χ0) is 15.8. The summed E-state index contributed by atoms with van der Waals surface area (Å²) in [6, 6.07) is 0. The lowest BCUT2D eigenvalue weighted by Gasteiger charge is -2.07. The average Bonchev–Trinajstić information content (AvgIpc) is 2.46. The fourth-order valence-corrected chi connectivity index (χ4v) is 1.90. The Bertz CT molecular complexity index is 329. The Morgan fingerprint density at radius 2 is 1.57 bits per heavy atom. The molecular weight excluding hydrogens is 264 g/mol. The molecule has 2 N–H and O–H groups in total. The summed E-state index contributed by atoms with van der Waals surface area (Å²) in [5, 5.41) is 18.1. The molecule has 0 aromatic heterocycles. The second-order valence-corrected chi connectivity index (χ2v) is 5.16. The number of unbranched alkanes of at least 4 members (excludes halogenated alkanes) is 2. The van der Waals surface area contributed by atoms with Crippen LogP contribution in [0, 0.1) is 0 Å². The predicted molar refractivity (Wildman–Crippen MR) is 88.3 cm³/mol. The summed E-state index contributed by atoms with van der Waals surface area (Å²) in [7, 11) is 0. The summed E-state index contributed by atoms with van der Waals surface area (Å²) in [6.45, 7) is 2.13. The van der Waals surface area contributed by atoms with E-state index in [-0.39, 0.29) is 6.42 Å². The van der Waals surface area contributed by atoms with Crippen LogP contribution in [0.25, 0.3) is 0 Å². The first-order chi connectivity index (χ1) is 10.2. The summed E-state index contributed by atoms with van der Waals surface area (Å²) in [5.74, 6) is -0.838. The molecule has 0 radical (unpaired) electrons. The molecule has 3 nitrogen and oxygen atoms in total. The lowest BCUT2D eigenvalue weighted by atomic mass is 10.1. The largest absolute Gasteiger partial charge is 0.481 e. The first-order valence-corrected chi connectivity index (χ1v) is 8.01. The van der Waals surface area contributed by atoms with Gasteiger partial charge < -0.3 is 10.2 Å². The molecule has 0 aliphatic rings. The first kappa shape index (κ1) is 19.7. The van der Waals surface area contributed by atoms with Gasteiger partial charge in [0, 0.05) is 6.42 Å². The number of hydrogen-bond donors (Lipinski definition) is 2. The predicted octanol–water partition coefficient (Wildman–Crippen LogP) is 4.63. The molecule has 0 rings (SSSR count). The number of carboxylic acids is 1. The van der Waals surface area contributed by atoms with Gasteiger partial charge >= 0.3 is 5.97 Å². The van der Waals surface area contributed by atoms with E-state index >= 15 is 0 Å². The number of aliphatic hydroxyl groups excluding tert-OH is 1. The van der Waals surface area contributed by atoms with Crippen molar-refractivity contribution in [3.8, 4) is 0 Å². The Balaban J connectivity index is 3.39. The van der Waals surface area contributed by atoms with Gasteiger partial charge in [-0.25, -0.2) is 0 Å². The van der Waals surface area contributed by atoms with Crippen LogP contribution < -0.4 is 0 Å². The van der Waals surface area contributed by atoms with Gasteiger partial charge in [0.25, 0.3) is 0 Å². The maximum atomic E-state index is 10.3. The lowest BCUT2D eigenvalue weighted by Crippen LogP contribution is -2.09. The number of aliphatic hydroxyl groups is 1. The Kier molecular flexibility index (Phi) is 14.1. The monoisotopic (exact) mass is 294 g/mol. The van der Waals surface area contributed by atoms with Crippen molar-refractivity contribution in [3.05, 3.63) is 36.5 Å². The van der Waals surface area contributed by atoms with Gasteiger partial charge in [-0.3, -0.25) is 4.79 Å². The molecule has 120 valence electrons. The maximum absolute atomic E-state index is 10.3. The SMILES string of the molecule is CC/C=C\C/C=C\C/C=C\CCCCC(O)CCC(=O)O. The quantitative estimate of drug-likeness (QED) is 0.384. The molecule has 0 heterocycles. The Morgan fingerprint density at radius 3 is 2.19 bits per heavy atom. The molecule has 0 aliphatic carbocycles. The van der Waals surface area contributed by atoms with Crippen molar-refractivity contribution in [1.82, 2.24) is 0 Å². The van der Waals surface area contributed by atoms with Gasteiger partial charge in [-0.2, -0.15) is 0 Å². The van der Waals surface area contributed by atoms with E-state index in [4.69, 9.17) is 5.11 Å². The van der Waals surface area contributed by atoms with Gasteiger partial charge in [-0.15, -0.1) is 0 Å². The average molecular weight is 294 g/mol. The molecular formula is C18H30O3.